The van der Waals surface area contributed by atoms with Crippen LogP contribution in [0.3, 0.4) is 0 Å². The van der Waals surface area contributed by atoms with Crippen LogP contribution in [0.15, 0.2) is 24.3 Å². The number of carbonyl (C=O) groups is 2. The van der Waals surface area contributed by atoms with E-state index in [0.717, 1.165) is 11.1 Å². The first-order valence-electron chi connectivity index (χ1n) is 4.59. The molecule has 15 heavy (non-hydrogen) atoms. The molecule has 0 spiro atoms. The third-order valence-electron chi connectivity index (χ3n) is 2.33. The summed E-state index contributed by atoms with van der Waals surface area (Å²) in [7, 11) is 0. The van der Waals surface area contributed by atoms with E-state index in [1.807, 2.05) is 25.1 Å². The van der Waals surface area contributed by atoms with Crippen LogP contribution >= 0.6 is 0 Å². The fourth-order valence-corrected chi connectivity index (χ4v) is 1.37. The van der Waals surface area contributed by atoms with Crippen molar-refractivity contribution in [2.24, 2.45) is 11.7 Å². The van der Waals surface area contributed by atoms with Crippen molar-refractivity contribution < 1.29 is 14.7 Å². The maximum atomic E-state index is 10.9. The zero-order valence-corrected chi connectivity index (χ0v) is 8.43. The lowest BCUT2D eigenvalue weighted by molar-refractivity contribution is -0.145. The molecule has 4 heteroatoms. The monoisotopic (exact) mass is 207 g/mol. The number of aliphatic carboxylic acids is 1. The molecular weight excluding hydrogens is 194 g/mol. The Balaban J connectivity index is 2.88. The third-order valence-corrected chi connectivity index (χ3v) is 2.33. The maximum absolute atomic E-state index is 10.9. The molecule has 0 heterocycles. The second-order valence-electron chi connectivity index (χ2n) is 3.42. The first kappa shape index (κ1) is 11.2. The van der Waals surface area contributed by atoms with Gasteiger partial charge in [0.2, 0.25) is 5.91 Å². The van der Waals surface area contributed by atoms with Gasteiger partial charge in [0.05, 0.1) is 0 Å². The Hall–Kier alpha value is -1.84. The number of amides is 1. The van der Waals surface area contributed by atoms with E-state index in [1.54, 1.807) is 6.07 Å². The molecule has 0 aliphatic carbocycles. The van der Waals surface area contributed by atoms with Gasteiger partial charge in [0.15, 0.2) is 0 Å². The predicted molar refractivity (Wildman–Crippen MR) is 55.2 cm³/mol. The van der Waals surface area contributed by atoms with E-state index in [2.05, 4.69) is 0 Å². The van der Waals surface area contributed by atoms with Crippen molar-refractivity contribution in [3.8, 4) is 0 Å². The fourth-order valence-electron chi connectivity index (χ4n) is 1.37. The van der Waals surface area contributed by atoms with E-state index in [-0.39, 0.29) is 6.42 Å². The van der Waals surface area contributed by atoms with Gasteiger partial charge >= 0.3 is 5.97 Å². The molecule has 1 aromatic carbocycles. The van der Waals surface area contributed by atoms with E-state index in [1.165, 1.54) is 0 Å². The van der Waals surface area contributed by atoms with Crippen LogP contribution in [0.4, 0.5) is 0 Å². The Labute approximate surface area is 87.7 Å². The molecule has 4 nitrogen and oxygen atoms in total. The number of nitrogens with two attached hydrogens (primary N) is 1. The van der Waals surface area contributed by atoms with Gasteiger partial charge in [0.1, 0.15) is 5.92 Å². The average molecular weight is 207 g/mol. The summed E-state index contributed by atoms with van der Waals surface area (Å²) in [4.78, 5) is 21.7. The number of carboxylic acids is 1. The van der Waals surface area contributed by atoms with Crippen LogP contribution in [-0.2, 0) is 16.0 Å². The van der Waals surface area contributed by atoms with Crippen LogP contribution < -0.4 is 5.73 Å². The SMILES string of the molecule is Cc1ccccc1CC(C(N)=O)C(=O)O. The predicted octanol–water partition coefficient (Wildman–Crippen LogP) is 0.724. The van der Waals surface area contributed by atoms with Gasteiger partial charge in [-0.1, -0.05) is 24.3 Å². The summed E-state index contributed by atoms with van der Waals surface area (Å²) >= 11 is 0. The fraction of sp³-hybridized carbons (Fsp3) is 0.273. The zero-order chi connectivity index (χ0) is 11.4. The summed E-state index contributed by atoms with van der Waals surface area (Å²) in [6.07, 6.45) is 0.150. The number of carboxylic acid groups (broad SMARTS) is 1. The molecule has 0 aliphatic rings. The second-order valence-corrected chi connectivity index (χ2v) is 3.42. The highest BCUT2D eigenvalue weighted by molar-refractivity contribution is 5.96. The average Bonchev–Trinajstić information content (AvgIpc) is 2.15. The molecule has 0 fully saturated rings. The number of primary amides is 1. The van der Waals surface area contributed by atoms with E-state index in [0.29, 0.717) is 0 Å². The molecule has 1 aromatic rings. The van der Waals surface area contributed by atoms with Crippen molar-refractivity contribution in [3.63, 3.8) is 0 Å². The van der Waals surface area contributed by atoms with Crippen LogP contribution in [0.5, 0.6) is 0 Å². The van der Waals surface area contributed by atoms with Crippen molar-refractivity contribution in [3.05, 3.63) is 35.4 Å². The Bertz CT molecular complexity index is 373. The van der Waals surface area contributed by atoms with Crippen molar-refractivity contribution in [2.45, 2.75) is 13.3 Å². The maximum Gasteiger partial charge on any atom is 0.316 e. The topological polar surface area (TPSA) is 80.4 Å². The van der Waals surface area contributed by atoms with E-state index >= 15 is 0 Å². The lowest BCUT2D eigenvalue weighted by atomic mass is 9.96. The second kappa shape index (κ2) is 4.59. The Morgan fingerprint density at radius 2 is 2.00 bits per heavy atom. The molecule has 0 saturated heterocycles. The highest BCUT2D eigenvalue weighted by Gasteiger charge is 2.24. The first-order chi connectivity index (χ1) is 7.02. The van der Waals surface area contributed by atoms with Crippen LogP contribution in [0.2, 0.25) is 0 Å². The lowest BCUT2D eigenvalue weighted by Gasteiger charge is -2.10. The smallest absolute Gasteiger partial charge is 0.316 e. The van der Waals surface area contributed by atoms with E-state index in [4.69, 9.17) is 10.8 Å². The molecule has 1 rings (SSSR count). The molecule has 3 N–H and O–H groups in total. The highest BCUT2D eigenvalue weighted by atomic mass is 16.4. The van der Waals surface area contributed by atoms with Crippen molar-refractivity contribution in [1.29, 1.82) is 0 Å². The van der Waals surface area contributed by atoms with Crippen LogP contribution in [0.1, 0.15) is 11.1 Å². The molecule has 0 aromatic heterocycles. The molecule has 1 amide bonds. The van der Waals surface area contributed by atoms with Gasteiger partial charge in [-0.25, -0.2) is 0 Å². The summed E-state index contributed by atoms with van der Waals surface area (Å²) in [6.45, 7) is 1.87. The van der Waals surface area contributed by atoms with Gasteiger partial charge < -0.3 is 10.8 Å². The minimum atomic E-state index is -1.18. The standard InChI is InChI=1S/C11H13NO3/c1-7-4-2-3-5-8(7)6-9(10(12)13)11(14)15/h2-5,9H,6H2,1H3,(H2,12,13)(H,14,15). The van der Waals surface area contributed by atoms with Crippen molar-refractivity contribution in [2.75, 3.05) is 0 Å². The van der Waals surface area contributed by atoms with Gasteiger partial charge in [0, 0.05) is 0 Å². The molecule has 1 atom stereocenters. The number of benzene rings is 1. The molecule has 0 saturated carbocycles. The zero-order valence-electron chi connectivity index (χ0n) is 8.43. The third kappa shape index (κ3) is 2.80. The van der Waals surface area contributed by atoms with Gasteiger partial charge in [-0.15, -0.1) is 0 Å². The summed E-state index contributed by atoms with van der Waals surface area (Å²) in [5.74, 6) is -3.12. The van der Waals surface area contributed by atoms with Gasteiger partial charge in [-0.3, -0.25) is 9.59 Å². The molecule has 1 unspecified atom stereocenters. The number of hydrogen-bond acceptors (Lipinski definition) is 2. The summed E-state index contributed by atoms with van der Waals surface area (Å²) in [5, 5.41) is 8.80. The molecular formula is C11H13NO3. The van der Waals surface area contributed by atoms with Crippen molar-refractivity contribution >= 4 is 11.9 Å². The van der Waals surface area contributed by atoms with E-state index in [9.17, 15) is 9.59 Å². The summed E-state index contributed by atoms with van der Waals surface area (Å²) in [5.41, 5.74) is 6.82. The molecule has 0 bridgehead atoms. The number of hydrogen-bond donors (Lipinski definition) is 2. The minimum Gasteiger partial charge on any atom is -0.481 e. The quantitative estimate of drug-likeness (QED) is 0.714. The van der Waals surface area contributed by atoms with Gasteiger partial charge in [0.25, 0.3) is 0 Å². The molecule has 0 radical (unpaired) electrons. The highest BCUT2D eigenvalue weighted by Crippen LogP contribution is 2.13. The number of carbonyl (C=O) groups excluding carboxylic acids is 1. The van der Waals surface area contributed by atoms with Gasteiger partial charge in [-0.2, -0.15) is 0 Å². The number of rotatable bonds is 4. The molecule has 80 valence electrons. The van der Waals surface area contributed by atoms with Crippen LogP contribution in [0.25, 0.3) is 0 Å². The number of aryl methyl sites for hydroxylation is 1. The Kier molecular flexibility index (Phi) is 3.44. The summed E-state index contributed by atoms with van der Waals surface area (Å²) in [6, 6.07) is 7.34. The van der Waals surface area contributed by atoms with Gasteiger partial charge in [-0.05, 0) is 24.5 Å². The van der Waals surface area contributed by atoms with Crippen LogP contribution in [-0.4, -0.2) is 17.0 Å². The Morgan fingerprint density at radius 3 is 2.47 bits per heavy atom. The largest absolute Gasteiger partial charge is 0.481 e. The Morgan fingerprint density at radius 1 is 1.40 bits per heavy atom. The summed E-state index contributed by atoms with van der Waals surface area (Å²) < 4.78 is 0. The molecule has 0 aliphatic heterocycles. The van der Waals surface area contributed by atoms with E-state index < -0.39 is 17.8 Å². The lowest BCUT2D eigenvalue weighted by Crippen LogP contribution is -2.32. The van der Waals surface area contributed by atoms with Crippen LogP contribution in [0, 0.1) is 12.8 Å². The minimum absolute atomic E-state index is 0.150. The van der Waals surface area contributed by atoms with Crippen molar-refractivity contribution in [1.82, 2.24) is 0 Å². The normalized spacial score (nSPS) is 12.1. The first-order valence-corrected chi connectivity index (χ1v) is 4.59.